The molecule has 0 radical (unpaired) electrons. The summed E-state index contributed by atoms with van der Waals surface area (Å²) in [5.41, 5.74) is -0.979. The van der Waals surface area contributed by atoms with Crippen molar-refractivity contribution in [3.8, 4) is 11.8 Å². The highest BCUT2D eigenvalue weighted by Crippen LogP contribution is 2.49. The Morgan fingerprint density at radius 1 is 1.46 bits per heavy atom. The van der Waals surface area contributed by atoms with Gasteiger partial charge in [-0.25, -0.2) is 0 Å². The topological polar surface area (TPSA) is 54.4 Å². The lowest BCUT2D eigenvalue weighted by Gasteiger charge is -2.17. The van der Waals surface area contributed by atoms with Gasteiger partial charge in [0.05, 0.1) is 0 Å². The van der Waals surface area contributed by atoms with Crippen LogP contribution in [-0.2, 0) is 9.36 Å². The molecule has 0 rings (SSSR count). The lowest BCUT2D eigenvalue weighted by molar-refractivity contribution is -0.135. The third kappa shape index (κ3) is 2.90. The average Bonchev–Trinajstić information content (AvgIpc) is 2.12. The third-order valence-corrected chi connectivity index (χ3v) is 5.49. The van der Waals surface area contributed by atoms with Crippen LogP contribution in [0.5, 0.6) is 0 Å². The second-order valence-corrected chi connectivity index (χ2v) is 6.41. The van der Waals surface area contributed by atoms with E-state index in [0.717, 1.165) is 0 Å². The maximum atomic E-state index is 12.0. The van der Waals surface area contributed by atoms with Crippen molar-refractivity contribution in [1.82, 2.24) is 0 Å². The number of hydrogen-bond donors (Lipinski definition) is 1. The molecule has 1 N–H and O–H groups in total. The third-order valence-electron chi connectivity index (χ3n) is 2.06. The standard InChI is InChI=1S/C9H15O3P/c1-4-7-8(9(10)11)13(12,5-2)6-3/h8H,5-6H2,1-3H3,(H,10,11). The van der Waals surface area contributed by atoms with E-state index in [9.17, 15) is 9.36 Å². The Labute approximate surface area is 78.9 Å². The molecule has 0 aromatic carbocycles. The van der Waals surface area contributed by atoms with Gasteiger partial charge in [0.25, 0.3) is 0 Å². The number of hydrogen-bond acceptors (Lipinski definition) is 2. The van der Waals surface area contributed by atoms with Crippen LogP contribution in [0.2, 0.25) is 0 Å². The van der Waals surface area contributed by atoms with Crippen LogP contribution in [0.3, 0.4) is 0 Å². The summed E-state index contributed by atoms with van der Waals surface area (Å²) < 4.78 is 12.0. The van der Waals surface area contributed by atoms with E-state index in [-0.39, 0.29) is 0 Å². The van der Waals surface area contributed by atoms with Gasteiger partial charge in [-0.05, 0) is 19.2 Å². The molecule has 0 aliphatic carbocycles. The van der Waals surface area contributed by atoms with Gasteiger partial charge in [-0.1, -0.05) is 19.8 Å². The minimum atomic E-state index is -2.64. The van der Waals surface area contributed by atoms with Crippen LogP contribution >= 0.6 is 7.14 Å². The minimum absolute atomic E-state index is 0.398. The first-order valence-electron chi connectivity index (χ1n) is 4.24. The summed E-state index contributed by atoms with van der Waals surface area (Å²) >= 11 is 0. The van der Waals surface area contributed by atoms with Crippen LogP contribution in [0, 0.1) is 11.8 Å². The quantitative estimate of drug-likeness (QED) is 0.559. The fourth-order valence-corrected chi connectivity index (χ4v) is 3.05. The molecule has 0 heterocycles. The Kier molecular flexibility index (Phi) is 4.80. The van der Waals surface area contributed by atoms with Crippen LogP contribution in [0.25, 0.3) is 0 Å². The van der Waals surface area contributed by atoms with E-state index in [2.05, 4.69) is 11.8 Å². The van der Waals surface area contributed by atoms with Crippen molar-refractivity contribution in [3.05, 3.63) is 0 Å². The molecule has 0 aromatic rings. The molecule has 4 heteroatoms. The molecule has 0 aliphatic heterocycles. The van der Waals surface area contributed by atoms with Crippen molar-refractivity contribution < 1.29 is 14.5 Å². The van der Waals surface area contributed by atoms with Gasteiger partial charge in [0, 0.05) is 0 Å². The maximum absolute atomic E-state index is 12.0. The molecule has 0 saturated carbocycles. The van der Waals surface area contributed by atoms with Gasteiger partial charge in [0.1, 0.15) is 7.14 Å². The molecule has 0 fully saturated rings. The van der Waals surface area contributed by atoms with Crippen molar-refractivity contribution in [3.63, 3.8) is 0 Å². The van der Waals surface area contributed by atoms with E-state index < -0.39 is 18.8 Å². The number of carbonyl (C=O) groups is 1. The van der Waals surface area contributed by atoms with Crippen molar-refractivity contribution >= 4 is 13.1 Å². The first kappa shape index (κ1) is 12.3. The van der Waals surface area contributed by atoms with Crippen molar-refractivity contribution in [2.75, 3.05) is 12.3 Å². The molecule has 0 spiro atoms. The molecule has 0 bridgehead atoms. The highest BCUT2D eigenvalue weighted by molar-refractivity contribution is 7.65. The van der Waals surface area contributed by atoms with Gasteiger partial charge in [0.15, 0.2) is 5.66 Å². The summed E-state index contributed by atoms with van der Waals surface area (Å²) in [5.74, 6) is 3.96. The van der Waals surface area contributed by atoms with Crippen LogP contribution in [-0.4, -0.2) is 29.1 Å². The number of carboxylic acids is 1. The van der Waals surface area contributed by atoms with Gasteiger partial charge in [0.2, 0.25) is 0 Å². The van der Waals surface area contributed by atoms with Crippen LogP contribution < -0.4 is 0 Å². The summed E-state index contributed by atoms with van der Waals surface area (Å²) in [7, 11) is -2.64. The van der Waals surface area contributed by atoms with E-state index in [0.29, 0.717) is 12.3 Å². The van der Waals surface area contributed by atoms with Gasteiger partial charge < -0.3 is 9.67 Å². The highest BCUT2D eigenvalue weighted by Gasteiger charge is 2.33. The van der Waals surface area contributed by atoms with E-state index in [1.54, 1.807) is 20.8 Å². The molecule has 0 aromatic heterocycles. The van der Waals surface area contributed by atoms with Crippen molar-refractivity contribution in [1.29, 1.82) is 0 Å². The fraction of sp³-hybridized carbons (Fsp3) is 0.667. The lowest BCUT2D eigenvalue weighted by atomic mass is 10.4. The molecule has 1 unspecified atom stereocenters. The van der Waals surface area contributed by atoms with Gasteiger partial charge in [-0.2, -0.15) is 0 Å². The Bertz CT molecular complexity index is 277. The molecule has 0 amide bonds. The molecule has 0 saturated heterocycles. The number of aliphatic carboxylic acids is 1. The molecule has 13 heavy (non-hydrogen) atoms. The van der Waals surface area contributed by atoms with Gasteiger partial charge >= 0.3 is 5.97 Å². The Morgan fingerprint density at radius 3 is 2.15 bits per heavy atom. The molecule has 3 nitrogen and oxygen atoms in total. The summed E-state index contributed by atoms with van der Waals surface area (Å²) in [4.78, 5) is 10.8. The number of carboxylic acid groups (broad SMARTS) is 1. The monoisotopic (exact) mass is 202 g/mol. The molecular weight excluding hydrogens is 187 g/mol. The van der Waals surface area contributed by atoms with Gasteiger partial charge in [-0.15, -0.1) is 5.92 Å². The summed E-state index contributed by atoms with van der Waals surface area (Å²) in [6.07, 6.45) is 0.796. The zero-order valence-electron chi connectivity index (χ0n) is 8.20. The predicted octanol–water partition coefficient (Wildman–Crippen LogP) is 1.87. The zero-order chi connectivity index (χ0) is 10.5. The second-order valence-electron chi connectivity index (χ2n) is 2.72. The number of rotatable bonds is 4. The van der Waals surface area contributed by atoms with E-state index >= 15 is 0 Å². The first-order chi connectivity index (χ1) is 6.01. The largest absolute Gasteiger partial charge is 0.480 e. The normalized spacial score (nSPS) is 12.8. The van der Waals surface area contributed by atoms with Crippen molar-refractivity contribution in [2.45, 2.75) is 26.4 Å². The maximum Gasteiger partial charge on any atom is 0.326 e. The smallest absolute Gasteiger partial charge is 0.326 e. The first-order valence-corrected chi connectivity index (χ1v) is 6.39. The molecule has 0 aliphatic rings. The Balaban J connectivity index is 4.99. The fourth-order valence-electron chi connectivity index (χ4n) is 1.11. The SMILES string of the molecule is CC#CC(C(=O)O)P(=O)(CC)CC. The van der Waals surface area contributed by atoms with Crippen LogP contribution in [0.1, 0.15) is 20.8 Å². The van der Waals surface area contributed by atoms with E-state index in [4.69, 9.17) is 5.11 Å². The second kappa shape index (κ2) is 5.09. The van der Waals surface area contributed by atoms with E-state index in [1.165, 1.54) is 0 Å². The zero-order valence-corrected chi connectivity index (χ0v) is 9.10. The van der Waals surface area contributed by atoms with Crippen LogP contribution in [0.4, 0.5) is 0 Å². The Hall–Kier alpha value is -0.740. The molecular formula is C9H15O3P. The van der Waals surface area contributed by atoms with E-state index in [1.807, 2.05) is 0 Å². The minimum Gasteiger partial charge on any atom is -0.480 e. The Morgan fingerprint density at radius 2 is 1.92 bits per heavy atom. The lowest BCUT2D eigenvalue weighted by Crippen LogP contribution is -2.20. The summed E-state index contributed by atoms with van der Waals surface area (Å²) in [5, 5.41) is 8.83. The van der Waals surface area contributed by atoms with Gasteiger partial charge in [-0.3, -0.25) is 4.79 Å². The summed E-state index contributed by atoms with van der Waals surface area (Å²) in [6.45, 7) is 5.06. The molecule has 1 atom stereocenters. The predicted molar refractivity (Wildman–Crippen MR) is 53.6 cm³/mol. The average molecular weight is 202 g/mol. The highest BCUT2D eigenvalue weighted by atomic mass is 31.2. The molecule has 74 valence electrons. The van der Waals surface area contributed by atoms with Crippen molar-refractivity contribution in [2.24, 2.45) is 0 Å². The van der Waals surface area contributed by atoms with Crippen LogP contribution in [0.15, 0.2) is 0 Å². The summed E-state index contributed by atoms with van der Waals surface area (Å²) in [6, 6.07) is 0.